The van der Waals surface area contributed by atoms with Crippen molar-refractivity contribution in [1.82, 2.24) is 20.5 Å². The van der Waals surface area contributed by atoms with Crippen LogP contribution in [0.25, 0.3) is 0 Å². The van der Waals surface area contributed by atoms with Crippen LogP contribution in [0.4, 0.5) is 4.39 Å². The van der Waals surface area contributed by atoms with Gasteiger partial charge in [0.25, 0.3) is 0 Å². The highest BCUT2D eigenvalue weighted by atomic mass is 19.1. The summed E-state index contributed by atoms with van der Waals surface area (Å²) >= 11 is 0. The molecule has 3 atom stereocenters. The molecule has 4 bridgehead atoms. The zero-order valence-electron chi connectivity index (χ0n) is 18.2. The Balaban J connectivity index is 1.16. The molecule has 5 fully saturated rings. The average Bonchev–Trinajstić information content (AvgIpc) is 3.07. The molecule has 0 spiro atoms. The van der Waals surface area contributed by atoms with Crippen LogP contribution in [0.1, 0.15) is 51.0 Å². The van der Waals surface area contributed by atoms with Crippen molar-refractivity contribution in [2.24, 2.45) is 16.9 Å². The van der Waals surface area contributed by atoms with E-state index in [0.717, 1.165) is 44.7 Å². The Morgan fingerprint density at radius 2 is 1.94 bits per heavy atom. The van der Waals surface area contributed by atoms with Gasteiger partial charge in [0, 0.05) is 18.6 Å². The number of halogens is 1. The molecule has 2 N–H and O–H groups in total. The molecule has 1 amide bonds. The number of hydrazone groups is 1. The lowest BCUT2D eigenvalue weighted by Crippen LogP contribution is -2.65. The van der Waals surface area contributed by atoms with Crippen molar-refractivity contribution in [3.8, 4) is 0 Å². The number of benzene rings is 1. The third-order valence-electron chi connectivity index (χ3n) is 8.49. The molecule has 166 valence electrons. The fourth-order valence-electron chi connectivity index (χ4n) is 7.73. The Morgan fingerprint density at radius 3 is 2.68 bits per heavy atom. The number of carbonyl (C=O) groups is 1. The summed E-state index contributed by atoms with van der Waals surface area (Å²) in [6.45, 7) is 5.06. The summed E-state index contributed by atoms with van der Waals surface area (Å²) in [5.41, 5.74) is 4.38. The van der Waals surface area contributed by atoms with E-state index in [9.17, 15) is 9.18 Å². The number of carbonyl (C=O) groups excluding carboxylic acids is 1. The van der Waals surface area contributed by atoms with Gasteiger partial charge in [-0.3, -0.25) is 15.1 Å². The Bertz CT molecular complexity index is 901. The van der Waals surface area contributed by atoms with Crippen LogP contribution >= 0.6 is 0 Å². The summed E-state index contributed by atoms with van der Waals surface area (Å²) in [4.78, 5) is 17.7. The molecular weight excluding hydrogens is 393 g/mol. The quantitative estimate of drug-likeness (QED) is 0.778. The smallest absolute Gasteiger partial charge is 0.234 e. The molecule has 6 nitrogen and oxygen atoms in total. The van der Waals surface area contributed by atoms with Crippen molar-refractivity contribution >= 4 is 11.7 Å². The van der Waals surface area contributed by atoms with Crippen LogP contribution in [0.5, 0.6) is 0 Å². The molecule has 7 heteroatoms. The second-order valence-electron chi connectivity index (χ2n) is 10.8. The van der Waals surface area contributed by atoms with E-state index < -0.39 is 0 Å². The number of hydrogen-bond acceptors (Lipinski definition) is 5. The van der Waals surface area contributed by atoms with Gasteiger partial charge in [0.05, 0.1) is 13.1 Å². The van der Waals surface area contributed by atoms with Crippen molar-refractivity contribution in [3.63, 3.8) is 0 Å². The Labute approximate surface area is 183 Å². The van der Waals surface area contributed by atoms with Crippen LogP contribution in [0.15, 0.2) is 29.4 Å². The molecule has 3 unspecified atom stereocenters. The van der Waals surface area contributed by atoms with Gasteiger partial charge in [0.15, 0.2) is 0 Å². The average molecular weight is 426 g/mol. The van der Waals surface area contributed by atoms with Gasteiger partial charge in [-0.25, -0.2) is 4.39 Å². The summed E-state index contributed by atoms with van der Waals surface area (Å²) in [5.74, 6) is 2.33. The Kier molecular flexibility index (Phi) is 4.36. The minimum atomic E-state index is -0.173. The first-order chi connectivity index (χ1) is 14.9. The number of amidine groups is 1. The normalized spacial score (nSPS) is 38.6. The van der Waals surface area contributed by atoms with Gasteiger partial charge in [-0.05, 0) is 80.4 Å². The first-order valence-electron chi connectivity index (χ1n) is 11.8. The highest BCUT2D eigenvalue weighted by molar-refractivity contribution is 5.87. The first kappa shape index (κ1) is 19.5. The molecule has 0 radical (unpaired) electrons. The summed E-state index contributed by atoms with van der Waals surface area (Å²) in [5, 5.41) is 7.94. The molecule has 0 aromatic heterocycles. The maximum atomic E-state index is 13.6. The number of piperazine rings is 1. The maximum Gasteiger partial charge on any atom is 0.234 e. The second-order valence-corrected chi connectivity index (χ2v) is 10.8. The predicted octanol–water partition coefficient (Wildman–Crippen LogP) is 2.41. The van der Waals surface area contributed by atoms with E-state index in [1.165, 1.54) is 24.8 Å². The van der Waals surface area contributed by atoms with Gasteiger partial charge < -0.3 is 10.2 Å². The molecule has 31 heavy (non-hydrogen) atoms. The van der Waals surface area contributed by atoms with E-state index >= 15 is 0 Å². The van der Waals surface area contributed by atoms with Crippen LogP contribution in [-0.4, -0.2) is 59.4 Å². The zero-order valence-corrected chi connectivity index (χ0v) is 18.2. The number of fused-ring (bicyclic) bond motifs is 1. The molecule has 6 aliphatic rings. The van der Waals surface area contributed by atoms with Gasteiger partial charge in [-0.2, -0.15) is 5.10 Å². The van der Waals surface area contributed by atoms with E-state index in [4.69, 9.17) is 0 Å². The lowest BCUT2D eigenvalue weighted by Gasteiger charge is -2.62. The molecule has 4 aliphatic carbocycles. The predicted molar refractivity (Wildman–Crippen MR) is 117 cm³/mol. The van der Waals surface area contributed by atoms with Crippen molar-refractivity contribution in [2.45, 2.75) is 62.6 Å². The van der Waals surface area contributed by atoms with Crippen molar-refractivity contribution in [3.05, 3.63) is 35.6 Å². The van der Waals surface area contributed by atoms with Crippen molar-refractivity contribution < 1.29 is 9.18 Å². The summed E-state index contributed by atoms with van der Waals surface area (Å²) in [6, 6.07) is 7.16. The minimum Gasteiger partial charge on any atom is -0.350 e. The van der Waals surface area contributed by atoms with E-state index in [1.807, 2.05) is 12.1 Å². The highest BCUT2D eigenvalue weighted by Gasteiger charge is 2.58. The molecule has 1 aromatic carbocycles. The largest absolute Gasteiger partial charge is 0.350 e. The third-order valence-corrected chi connectivity index (χ3v) is 8.49. The fourth-order valence-corrected chi connectivity index (χ4v) is 7.73. The second kappa shape index (κ2) is 6.92. The fraction of sp³-hybridized carbons (Fsp3) is 0.667. The van der Waals surface area contributed by atoms with Crippen LogP contribution in [0, 0.1) is 17.7 Å². The number of hydrogen-bond donors (Lipinski definition) is 2. The van der Waals surface area contributed by atoms with E-state index in [1.54, 1.807) is 12.1 Å². The van der Waals surface area contributed by atoms with E-state index in [-0.39, 0.29) is 28.8 Å². The topological polar surface area (TPSA) is 60.0 Å². The van der Waals surface area contributed by atoms with Gasteiger partial charge in [-0.1, -0.05) is 12.1 Å². The summed E-state index contributed by atoms with van der Waals surface area (Å²) in [7, 11) is 0. The van der Waals surface area contributed by atoms with Crippen LogP contribution < -0.4 is 10.7 Å². The molecule has 2 heterocycles. The van der Waals surface area contributed by atoms with E-state index in [0.29, 0.717) is 18.4 Å². The van der Waals surface area contributed by atoms with Crippen LogP contribution in [0.2, 0.25) is 0 Å². The Hall–Kier alpha value is -2.15. The van der Waals surface area contributed by atoms with Gasteiger partial charge >= 0.3 is 0 Å². The standard InChI is InChI=1S/C24H32FN5O/c1-16-27-28-21-13-29(6-7-30(16)21)14-22(31)26-24-11-17-8-18(12-24)10-23(9-17,15-24)19-2-4-20(25)5-3-19/h2-5,16-18,27H,6-15H2,1H3,(H,26,31). The molecule has 1 saturated heterocycles. The monoisotopic (exact) mass is 425 g/mol. The molecule has 2 aliphatic heterocycles. The van der Waals surface area contributed by atoms with Crippen molar-refractivity contribution in [1.29, 1.82) is 0 Å². The van der Waals surface area contributed by atoms with E-state index in [2.05, 4.69) is 32.6 Å². The number of rotatable bonds is 4. The lowest BCUT2D eigenvalue weighted by molar-refractivity contribution is -0.128. The minimum absolute atomic E-state index is 0.0943. The Morgan fingerprint density at radius 1 is 1.19 bits per heavy atom. The molecule has 4 saturated carbocycles. The molecular formula is C24H32FN5O. The SMILES string of the molecule is CC1NN=C2CN(CC(=O)NC34CC5CC(C3)CC(c3ccc(F)cc3)(C5)C4)CCN21. The zero-order chi connectivity index (χ0) is 21.2. The first-order valence-corrected chi connectivity index (χ1v) is 11.8. The third kappa shape index (κ3) is 3.32. The van der Waals surface area contributed by atoms with Crippen LogP contribution in [0.3, 0.4) is 0 Å². The highest BCUT2D eigenvalue weighted by Crippen LogP contribution is 2.62. The van der Waals surface area contributed by atoms with Crippen molar-refractivity contribution in [2.75, 3.05) is 26.2 Å². The lowest BCUT2D eigenvalue weighted by atomic mass is 9.45. The number of amides is 1. The molecule has 7 rings (SSSR count). The maximum absolute atomic E-state index is 13.6. The van der Waals surface area contributed by atoms with Crippen LogP contribution in [-0.2, 0) is 10.2 Å². The summed E-state index contributed by atoms with van der Waals surface area (Å²) in [6.07, 6.45) is 7.08. The van der Waals surface area contributed by atoms with Gasteiger partial charge in [0.2, 0.25) is 5.91 Å². The van der Waals surface area contributed by atoms with Gasteiger partial charge in [-0.15, -0.1) is 0 Å². The van der Waals surface area contributed by atoms with Gasteiger partial charge in [0.1, 0.15) is 17.8 Å². The number of nitrogens with zero attached hydrogens (tertiary/aromatic N) is 3. The molecule has 1 aromatic rings. The number of nitrogens with one attached hydrogen (secondary N) is 2. The summed E-state index contributed by atoms with van der Waals surface area (Å²) < 4.78 is 13.6.